The van der Waals surface area contributed by atoms with Gasteiger partial charge in [0.2, 0.25) is 0 Å². The van der Waals surface area contributed by atoms with Gasteiger partial charge >= 0.3 is 6.18 Å². The number of alkyl halides is 3. The Hall–Kier alpha value is -3.67. The molecule has 1 aliphatic heterocycles. The number of rotatable bonds is 4. The van der Waals surface area contributed by atoms with Gasteiger partial charge in [-0.05, 0) is 36.4 Å². The molecule has 4 rings (SSSR count). The number of fused-ring (bicyclic) bond motifs is 1. The molecule has 9 heteroatoms. The van der Waals surface area contributed by atoms with Gasteiger partial charge < -0.3 is 18.9 Å². The van der Waals surface area contributed by atoms with E-state index in [1.165, 1.54) is 16.7 Å². The number of ether oxygens (including phenoxy) is 2. The van der Waals surface area contributed by atoms with E-state index in [9.17, 15) is 23.2 Å². The Balaban J connectivity index is 1.56. The summed E-state index contributed by atoms with van der Waals surface area (Å²) in [6, 6.07) is 12.1. The lowest BCUT2D eigenvalue weighted by Gasteiger charge is -2.35. The first-order valence-electron chi connectivity index (χ1n) is 10.4. The van der Waals surface area contributed by atoms with Gasteiger partial charge in [-0.25, -0.2) is 0 Å². The third-order valence-corrected chi connectivity index (χ3v) is 5.93. The van der Waals surface area contributed by atoms with Crippen molar-refractivity contribution in [3.8, 4) is 17.6 Å². The zero-order chi connectivity index (χ0) is 23.8. The fourth-order valence-electron chi connectivity index (χ4n) is 4.17. The molecule has 1 fully saturated rings. The van der Waals surface area contributed by atoms with Crippen molar-refractivity contribution in [3.63, 3.8) is 0 Å². The molecule has 0 radical (unpaired) electrons. The number of hydrogen-bond donors (Lipinski definition) is 0. The SMILES string of the molecule is COc1ccc2c(N3CCC(Oc4ccc(C(F)(F)F)cc4)CC3)c(C#N)c(=O)n(C)c2c1. The molecule has 1 aliphatic rings. The fraction of sp³-hybridized carbons (Fsp3) is 0.333. The maximum Gasteiger partial charge on any atom is 0.416 e. The molecule has 0 atom stereocenters. The average molecular weight is 457 g/mol. The van der Waals surface area contributed by atoms with E-state index in [2.05, 4.69) is 6.07 Å². The summed E-state index contributed by atoms with van der Waals surface area (Å²) >= 11 is 0. The van der Waals surface area contributed by atoms with Gasteiger partial charge in [-0.3, -0.25) is 4.79 Å². The second-order valence-corrected chi connectivity index (χ2v) is 7.91. The third kappa shape index (κ3) is 4.33. The number of hydrogen-bond acceptors (Lipinski definition) is 5. The fourth-order valence-corrected chi connectivity index (χ4v) is 4.17. The molecular weight excluding hydrogens is 435 g/mol. The molecule has 6 nitrogen and oxygen atoms in total. The number of piperidine rings is 1. The van der Waals surface area contributed by atoms with Crippen LogP contribution >= 0.6 is 0 Å². The van der Waals surface area contributed by atoms with Gasteiger partial charge in [-0.15, -0.1) is 0 Å². The van der Waals surface area contributed by atoms with Gasteiger partial charge in [-0.1, -0.05) is 0 Å². The second-order valence-electron chi connectivity index (χ2n) is 7.91. The molecule has 0 bridgehead atoms. The average Bonchev–Trinajstić information content (AvgIpc) is 2.81. The number of halogens is 3. The van der Waals surface area contributed by atoms with Crippen LogP contribution in [0.15, 0.2) is 47.3 Å². The quantitative estimate of drug-likeness (QED) is 0.578. The van der Waals surface area contributed by atoms with E-state index in [0.717, 1.165) is 17.5 Å². The van der Waals surface area contributed by atoms with Crippen LogP contribution in [0.5, 0.6) is 11.5 Å². The minimum Gasteiger partial charge on any atom is -0.497 e. The molecule has 1 aromatic heterocycles. The summed E-state index contributed by atoms with van der Waals surface area (Å²) in [5.74, 6) is 0.988. The van der Waals surface area contributed by atoms with Crippen LogP contribution in [0.25, 0.3) is 10.9 Å². The lowest BCUT2D eigenvalue weighted by atomic mass is 10.0. The van der Waals surface area contributed by atoms with Crippen molar-refractivity contribution < 1.29 is 22.6 Å². The summed E-state index contributed by atoms with van der Waals surface area (Å²) in [4.78, 5) is 14.9. The monoisotopic (exact) mass is 457 g/mol. The second kappa shape index (κ2) is 8.70. The molecule has 33 heavy (non-hydrogen) atoms. The predicted molar refractivity (Wildman–Crippen MR) is 118 cm³/mol. The zero-order valence-corrected chi connectivity index (χ0v) is 18.1. The maximum absolute atomic E-state index is 12.8. The van der Waals surface area contributed by atoms with Crippen LogP contribution in [0, 0.1) is 11.3 Å². The topological polar surface area (TPSA) is 67.5 Å². The molecule has 0 unspecified atom stereocenters. The number of methoxy groups -OCH3 is 1. The third-order valence-electron chi connectivity index (χ3n) is 5.93. The number of benzene rings is 2. The Labute approximate surface area is 188 Å². The lowest BCUT2D eigenvalue weighted by molar-refractivity contribution is -0.137. The minimum atomic E-state index is -4.39. The van der Waals surface area contributed by atoms with Crippen molar-refractivity contribution in [2.75, 3.05) is 25.1 Å². The molecule has 0 spiro atoms. The van der Waals surface area contributed by atoms with Crippen molar-refractivity contribution >= 4 is 16.6 Å². The molecule has 2 aromatic carbocycles. The van der Waals surface area contributed by atoms with Crippen LogP contribution in [0.4, 0.5) is 18.9 Å². The van der Waals surface area contributed by atoms with Gasteiger partial charge in [0, 0.05) is 44.4 Å². The molecule has 172 valence electrons. The van der Waals surface area contributed by atoms with Gasteiger partial charge in [0.05, 0.1) is 23.9 Å². The van der Waals surface area contributed by atoms with E-state index >= 15 is 0 Å². The highest BCUT2D eigenvalue weighted by Crippen LogP contribution is 2.34. The Morgan fingerprint density at radius 3 is 2.27 bits per heavy atom. The first kappa shape index (κ1) is 22.5. The van der Waals surface area contributed by atoms with Crippen LogP contribution in [0.3, 0.4) is 0 Å². The van der Waals surface area contributed by atoms with Gasteiger partial charge in [-0.2, -0.15) is 18.4 Å². The highest BCUT2D eigenvalue weighted by Gasteiger charge is 2.30. The number of anilines is 1. The van der Waals surface area contributed by atoms with Gasteiger partial charge in [0.15, 0.2) is 0 Å². The summed E-state index contributed by atoms with van der Waals surface area (Å²) in [5, 5.41) is 10.5. The minimum absolute atomic E-state index is 0.0808. The summed E-state index contributed by atoms with van der Waals surface area (Å²) in [5.41, 5.74) is 0.235. The van der Waals surface area contributed by atoms with Crippen LogP contribution in [-0.2, 0) is 13.2 Å². The van der Waals surface area contributed by atoms with Gasteiger partial charge in [0.25, 0.3) is 5.56 Å². The Morgan fingerprint density at radius 1 is 1.06 bits per heavy atom. The summed E-state index contributed by atoms with van der Waals surface area (Å²) in [6.45, 7) is 1.07. The van der Waals surface area contributed by atoms with Crippen molar-refractivity contribution in [2.45, 2.75) is 25.1 Å². The Kier molecular flexibility index (Phi) is 5.93. The van der Waals surface area contributed by atoms with E-state index in [4.69, 9.17) is 9.47 Å². The standard InChI is InChI=1S/C24H22F3N3O3/c1-29-21-13-18(32-2)7-8-19(21)22(20(14-28)23(29)31)30-11-9-17(10-12-30)33-16-5-3-15(4-6-16)24(25,26)27/h3-8,13,17H,9-12H2,1-2H3. The highest BCUT2D eigenvalue weighted by atomic mass is 19.4. The molecular formula is C24H22F3N3O3. The molecule has 0 N–H and O–H groups in total. The van der Waals surface area contributed by atoms with Crippen molar-refractivity contribution in [1.82, 2.24) is 4.57 Å². The molecule has 0 aliphatic carbocycles. The van der Waals surface area contributed by atoms with Crippen LogP contribution in [0.2, 0.25) is 0 Å². The lowest BCUT2D eigenvalue weighted by Crippen LogP contribution is -2.40. The molecule has 1 saturated heterocycles. The zero-order valence-electron chi connectivity index (χ0n) is 18.1. The highest BCUT2D eigenvalue weighted by molar-refractivity contribution is 5.95. The van der Waals surface area contributed by atoms with E-state index in [1.807, 2.05) is 11.0 Å². The number of aryl methyl sites for hydroxylation is 1. The normalized spacial score (nSPS) is 14.8. The molecule has 0 amide bonds. The molecule has 2 heterocycles. The van der Waals surface area contributed by atoms with Crippen molar-refractivity contribution in [1.29, 1.82) is 5.26 Å². The first-order chi connectivity index (χ1) is 15.7. The van der Waals surface area contributed by atoms with E-state index in [0.29, 0.717) is 48.6 Å². The van der Waals surface area contributed by atoms with Crippen molar-refractivity contribution in [3.05, 3.63) is 63.9 Å². The Morgan fingerprint density at radius 2 is 1.70 bits per heavy atom. The number of aromatic nitrogens is 1. The number of nitriles is 1. The van der Waals surface area contributed by atoms with Crippen LogP contribution in [0.1, 0.15) is 24.0 Å². The number of nitrogens with zero attached hydrogens (tertiary/aromatic N) is 3. The first-order valence-corrected chi connectivity index (χ1v) is 10.4. The van der Waals surface area contributed by atoms with E-state index < -0.39 is 11.7 Å². The summed E-state index contributed by atoms with van der Waals surface area (Å²) in [7, 11) is 3.17. The van der Waals surface area contributed by atoms with Crippen LogP contribution < -0.4 is 19.9 Å². The van der Waals surface area contributed by atoms with Crippen molar-refractivity contribution in [2.24, 2.45) is 7.05 Å². The number of pyridine rings is 1. The summed E-state index contributed by atoms with van der Waals surface area (Å²) in [6.07, 6.45) is -3.37. The molecule has 0 saturated carbocycles. The molecule has 3 aromatic rings. The van der Waals surface area contributed by atoms with Gasteiger partial charge in [0.1, 0.15) is 29.2 Å². The van der Waals surface area contributed by atoms with E-state index in [1.54, 1.807) is 26.3 Å². The largest absolute Gasteiger partial charge is 0.497 e. The maximum atomic E-state index is 12.8. The Bertz CT molecular complexity index is 1270. The predicted octanol–water partition coefficient (Wildman–Crippen LogP) is 4.49. The smallest absolute Gasteiger partial charge is 0.416 e. The van der Waals surface area contributed by atoms with Crippen LogP contribution in [-0.4, -0.2) is 30.9 Å². The summed E-state index contributed by atoms with van der Waals surface area (Å²) < 4.78 is 50.9. The van der Waals surface area contributed by atoms with E-state index in [-0.39, 0.29) is 17.2 Å².